The van der Waals surface area contributed by atoms with E-state index in [4.69, 9.17) is 4.74 Å². The lowest BCUT2D eigenvalue weighted by atomic mass is 10.2. The molecule has 2 rings (SSSR count). The molecular formula is C14H18BrN3O. The maximum Gasteiger partial charge on any atom is 0.150 e. The number of halogens is 1. The number of rotatable bonds is 5. The van der Waals surface area contributed by atoms with E-state index >= 15 is 0 Å². The van der Waals surface area contributed by atoms with Crippen molar-refractivity contribution in [3.8, 4) is 5.75 Å². The third kappa shape index (κ3) is 3.15. The summed E-state index contributed by atoms with van der Waals surface area (Å²) in [4.78, 5) is 4.52. The molecule has 1 aromatic heterocycles. The van der Waals surface area contributed by atoms with Gasteiger partial charge in [0.1, 0.15) is 11.6 Å². The number of nitrogens with zero attached hydrogens (tertiary/aromatic N) is 3. The first-order chi connectivity index (χ1) is 9.17. The van der Waals surface area contributed by atoms with Gasteiger partial charge in [0.05, 0.1) is 13.7 Å². The molecular weight excluding hydrogens is 306 g/mol. The van der Waals surface area contributed by atoms with Crippen LogP contribution in [0.5, 0.6) is 5.75 Å². The Morgan fingerprint density at radius 3 is 2.68 bits per heavy atom. The maximum absolute atomic E-state index is 5.26. The molecule has 102 valence electrons. The molecule has 0 atom stereocenters. The van der Waals surface area contributed by atoms with Gasteiger partial charge < -0.3 is 4.74 Å². The largest absolute Gasteiger partial charge is 0.497 e. The smallest absolute Gasteiger partial charge is 0.150 e. The minimum atomic E-state index is 0.702. The molecule has 0 amide bonds. The number of aryl methyl sites for hydroxylation is 2. The summed E-state index contributed by atoms with van der Waals surface area (Å²) in [5.74, 6) is 2.77. The Bertz CT molecular complexity index is 566. The molecule has 0 aliphatic heterocycles. The molecule has 0 bridgehead atoms. The SMILES string of the molecule is CCc1nc(CC)n(Cc2cc(OC)ccc2Br)n1. The first-order valence-corrected chi connectivity index (χ1v) is 7.22. The molecule has 1 heterocycles. The summed E-state index contributed by atoms with van der Waals surface area (Å²) in [6.45, 7) is 4.87. The zero-order valence-electron chi connectivity index (χ0n) is 11.5. The van der Waals surface area contributed by atoms with Crippen LogP contribution in [-0.4, -0.2) is 21.9 Å². The number of ether oxygens (including phenoxy) is 1. The molecule has 2 aromatic rings. The molecule has 0 N–H and O–H groups in total. The van der Waals surface area contributed by atoms with E-state index in [1.165, 1.54) is 0 Å². The van der Waals surface area contributed by atoms with E-state index in [1.807, 2.05) is 22.9 Å². The quantitative estimate of drug-likeness (QED) is 0.848. The van der Waals surface area contributed by atoms with Crippen molar-refractivity contribution in [2.75, 3.05) is 7.11 Å². The zero-order valence-corrected chi connectivity index (χ0v) is 13.1. The fourth-order valence-electron chi connectivity index (χ4n) is 1.92. The second kappa shape index (κ2) is 6.19. The standard InChI is InChI=1S/C14H18BrN3O/c1-4-13-16-14(5-2)18(17-13)9-10-8-11(19-3)6-7-12(10)15/h6-8H,4-5,9H2,1-3H3. The number of aromatic nitrogens is 3. The number of hydrogen-bond acceptors (Lipinski definition) is 3. The van der Waals surface area contributed by atoms with Crippen molar-refractivity contribution >= 4 is 15.9 Å². The van der Waals surface area contributed by atoms with Gasteiger partial charge in [0.15, 0.2) is 5.82 Å². The second-order valence-corrected chi connectivity index (χ2v) is 5.12. The highest BCUT2D eigenvalue weighted by molar-refractivity contribution is 9.10. The summed E-state index contributed by atoms with van der Waals surface area (Å²) in [5, 5.41) is 4.54. The summed E-state index contributed by atoms with van der Waals surface area (Å²) in [5.41, 5.74) is 1.14. The van der Waals surface area contributed by atoms with Crippen LogP contribution in [0.25, 0.3) is 0 Å². The lowest BCUT2D eigenvalue weighted by Crippen LogP contribution is -2.07. The van der Waals surface area contributed by atoms with Gasteiger partial charge in [0.25, 0.3) is 0 Å². The average Bonchev–Trinajstić information content (AvgIpc) is 2.83. The average molecular weight is 324 g/mol. The van der Waals surface area contributed by atoms with Gasteiger partial charge in [-0.15, -0.1) is 0 Å². The van der Waals surface area contributed by atoms with E-state index < -0.39 is 0 Å². The van der Waals surface area contributed by atoms with Crippen molar-refractivity contribution in [3.05, 3.63) is 39.9 Å². The third-order valence-electron chi connectivity index (χ3n) is 3.00. The highest BCUT2D eigenvalue weighted by Crippen LogP contribution is 2.23. The number of hydrogen-bond donors (Lipinski definition) is 0. The van der Waals surface area contributed by atoms with Crippen LogP contribution in [0.4, 0.5) is 0 Å². The topological polar surface area (TPSA) is 39.9 Å². The highest BCUT2D eigenvalue weighted by atomic mass is 79.9. The predicted molar refractivity (Wildman–Crippen MR) is 78.6 cm³/mol. The van der Waals surface area contributed by atoms with E-state index in [0.717, 1.165) is 40.3 Å². The van der Waals surface area contributed by atoms with Crippen molar-refractivity contribution in [2.45, 2.75) is 33.2 Å². The number of methoxy groups -OCH3 is 1. The van der Waals surface area contributed by atoms with Crippen LogP contribution in [-0.2, 0) is 19.4 Å². The van der Waals surface area contributed by atoms with E-state index in [2.05, 4.69) is 39.9 Å². The van der Waals surface area contributed by atoms with Gasteiger partial charge in [-0.1, -0.05) is 29.8 Å². The molecule has 1 aromatic carbocycles. The van der Waals surface area contributed by atoms with Crippen LogP contribution in [0.15, 0.2) is 22.7 Å². The van der Waals surface area contributed by atoms with Crippen molar-refractivity contribution in [1.29, 1.82) is 0 Å². The van der Waals surface area contributed by atoms with Crippen LogP contribution >= 0.6 is 15.9 Å². The van der Waals surface area contributed by atoms with Crippen molar-refractivity contribution in [3.63, 3.8) is 0 Å². The predicted octanol–water partition coefficient (Wildman–Crippen LogP) is 3.22. The molecule has 0 spiro atoms. The fraction of sp³-hybridized carbons (Fsp3) is 0.429. The molecule has 0 aliphatic carbocycles. The highest BCUT2D eigenvalue weighted by Gasteiger charge is 2.10. The van der Waals surface area contributed by atoms with Crippen LogP contribution in [0.2, 0.25) is 0 Å². The first-order valence-electron chi connectivity index (χ1n) is 6.42. The summed E-state index contributed by atoms with van der Waals surface area (Å²) in [7, 11) is 1.68. The van der Waals surface area contributed by atoms with Gasteiger partial charge in [0.2, 0.25) is 0 Å². The Hall–Kier alpha value is -1.36. The third-order valence-corrected chi connectivity index (χ3v) is 3.77. The Labute approximate surface area is 121 Å². The summed E-state index contributed by atoms with van der Waals surface area (Å²) >= 11 is 3.57. The zero-order chi connectivity index (χ0) is 13.8. The Balaban J connectivity index is 2.32. The molecule has 0 saturated heterocycles. The van der Waals surface area contributed by atoms with Crippen LogP contribution in [0, 0.1) is 0 Å². The lowest BCUT2D eigenvalue weighted by molar-refractivity contribution is 0.414. The van der Waals surface area contributed by atoms with E-state index in [9.17, 15) is 0 Å². The van der Waals surface area contributed by atoms with Gasteiger partial charge in [0, 0.05) is 17.3 Å². The minimum absolute atomic E-state index is 0.702. The first kappa shape index (κ1) is 14.1. The molecule has 4 nitrogen and oxygen atoms in total. The summed E-state index contributed by atoms with van der Waals surface area (Å²) in [6.07, 6.45) is 1.74. The summed E-state index contributed by atoms with van der Waals surface area (Å²) < 4.78 is 8.29. The Morgan fingerprint density at radius 1 is 1.26 bits per heavy atom. The normalized spacial score (nSPS) is 10.7. The van der Waals surface area contributed by atoms with Gasteiger partial charge in [-0.25, -0.2) is 9.67 Å². The van der Waals surface area contributed by atoms with Crippen molar-refractivity contribution < 1.29 is 4.74 Å². The van der Waals surface area contributed by atoms with Gasteiger partial charge in [-0.05, 0) is 23.8 Å². The van der Waals surface area contributed by atoms with E-state index in [-0.39, 0.29) is 0 Å². The van der Waals surface area contributed by atoms with E-state index in [0.29, 0.717) is 6.54 Å². The molecule has 5 heteroatoms. The Morgan fingerprint density at radius 2 is 2.05 bits per heavy atom. The maximum atomic E-state index is 5.26. The molecule has 0 radical (unpaired) electrons. The van der Waals surface area contributed by atoms with Gasteiger partial charge >= 0.3 is 0 Å². The summed E-state index contributed by atoms with van der Waals surface area (Å²) in [6, 6.07) is 5.96. The van der Waals surface area contributed by atoms with Crippen molar-refractivity contribution in [2.24, 2.45) is 0 Å². The van der Waals surface area contributed by atoms with E-state index in [1.54, 1.807) is 7.11 Å². The van der Waals surface area contributed by atoms with Crippen LogP contribution in [0.3, 0.4) is 0 Å². The molecule has 19 heavy (non-hydrogen) atoms. The minimum Gasteiger partial charge on any atom is -0.497 e. The molecule has 0 fully saturated rings. The van der Waals surface area contributed by atoms with Crippen LogP contribution < -0.4 is 4.74 Å². The molecule has 0 saturated carbocycles. The monoisotopic (exact) mass is 323 g/mol. The van der Waals surface area contributed by atoms with Gasteiger partial charge in [-0.3, -0.25) is 0 Å². The number of benzene rings is 1. The fourth-order valence-corrected chi connectivity index (χ4v) is 2.30. The van der Waals surface area contributed by atoms with Crippen LogP contribution in [0.1, 0.15) is 31.1 Å². The molecule has 0 aliphatic rings. The lowest BCUT2D eigenvalue weighted by Gasteiger charge is -2.09. The Kier molecular flexibility index (Phi) is 4.58. The van der Waals surface area contributed by atoms with Gasteiger partial charge in [-0.2, -0.15) is 5.10 Å². The molecule has 0 unspecified atom stereocenters. The second-order valence-electron chi connectivity index (χ2n) is 4.27. The van der Waals surface area contributed by atoms with Crippen molar-refractivity contribution in [1.82, 2.24) is 14.8 Å².